The van der Waals surface area contributed by atoms with Crippen LogP contribution < -0.4 is 10.0 Å². The average Bonchev–Trinajstić information content (AvgIpc) is 3.14. The monoisotopic (exact) mass is 385 g/mol. The Labute approximate surface area is 150 Å². The number of nitrogens with zero attached hydrogens (tertiary/aromatic N) is 1. The zero-order valence-corrected chi connectivity index (χ0v) is 15.0. The number of carboxylic acid groups (broad SMARTS) is 1. The van der Waals surface area contributed by atoms with Crippen molar-refractivity contribution >= 4 is 27.7 Å². The Morgan fingerprint density at radius 1 is 1.38 bits per heavy atom. The topological polar surface area (TPSA) is 116 Å². The Hall–Kier alpha value is -2.20. The van der Waals surface area contributed by atoms with Crippen LogP contribution in [-0.4, -0.2) is 50.6 Å². The van der Waals surface area contributed by atoms with Gasteiger partial charge in [0.05, 0.1) is 5.41 Å². The highest BCUT2D eigenvalue weighted by atomic mass is 32.2. The lowest BCUT2D eigenvalue weighted by Crippen LogP contribution is -2.38. The molecule has 2 fully saturated rings. The summed E-state index contributed by atoms with van der Waals surface area (Å²) in [7, 11) is -2.85. The van der Waals surface area contributed by atoms with E-state index in [0.717, 1.165) is 32.0 Å². The van der Waals surface area contributed by atoms with Crippen molar-refractivity contribution in [1.29, 1.82) is 0 Å². The Morgan fingerprint density at radius 2 is 2.12 bits per heavy atom. The van der Waals surface area contributed by atoms with Crippen molar-refractivity contribution in [3.8, 4) is 0 Å². The van der Waals surface area contributed by atoms with Gasteiger partial charge in [-0.25, -0.2) is 22.3 Å². The number of urea groups is 1. The molecule has 0 bridgehead atoms. The number of fused-ring (bicyclic) bond motifs is 1. The first-order valence-electron chi connectivity index (χ1n) is 8.22. The molecule has 8 nitrogen and oxygen atoms in total. The van der Waals surface area contributed by atoms with Crippen LogP contribution in [-0.2, 0) is 14.8 Å². The molecule has 2 aliphatic rings. The molecule has 1 aromatic carbocycles. The van der Waals surface area contributed by atoms with Crippen LogP contribution in [0.1, 0.15) is 19.3 Å². The highest BCUT2D eigenvalue weighted by Gasteiger charge is 2.55. The van der Waals surface area contributed by atoms with Gasteiger partial charge in [0.25, 0.3) is 0 Å². The highest BCUT2D eigenvalue weighted by Crippen LogP contribution is 2.48. The van der Waals surface area contributed by atoms with Crippen molar-refractivity contribution < 1.29 is 27.5 Å². The number of hydrogen-bond acceptors (Lipinski definition) is 4. The Balaban J connectivity index is 1.78. The van der Waals surface area contributed by atoms with E-state index in [1.54, 1.807) is 0 Å². The van der Waals surface area contributed by atoms with Crippen LogP contribution in [0.2, 0.25) is 0 Å². The normalized spacial score (nSPS) is 25.2. The predicted octanol–water partition coefficient (Wildman–Crippen LogP) is 1.45. The van der Waals surface area contributed by atoms with Gasteiger partial charge in [-0.05, 0) is 44.0 Å². The first-order valence-corrected chi connectivity index (χ1v) is 9.70. The van der Waals surface area contributed by atoms with E-state index in [-0.39, 0.29) is 18.2 Å². The Bertz CT molecular complexity index is 859. The molecule has 3 rings (SSSR count). The number of amides is 2. The van der Waals surface area contributed by atoms with Gasteiger partial charge >= 0.3 is 12.0 Å². The van der Waals surface area contributed by atoms with Crippen LogP contribution >= 0.6 is 0 Å². The van der Waals surface area contributed by atoms with Gasteiger partial charge in [-0.3, -0.25) is 4.79 Å². The number of nitrogens with one attached hydrogen (secondary N) is 2. The summed E-state index contributed by atoms with van der Waals surface area (Å²) in [5.74, 6) is -1.91. The van der Waals surface area contributed by atoms with Crippen molar-refractivity contribution in [2.45, 2.75) is 24.2 Å². The number of likely N-dealkylation sites (tertiary alicyclic amines) is 1. The third kappa shape index (κ3) is 3.03. The van der Waals surface area contributed by atoms with E-state index in [9.17, 15) is 27.5 Å². The number of rotatable bonds is 4. The minimum absolute atomic E-state index is 0.0841. The van der Waals surface area contributed by atoms with Crippen LogP contribution in [0.15, 0.2) is 23.1 Å². The number of anilines is 1. The number of halogens is 1. The maximum absolute atomic E-state index is 13.8. The van der Waals surface area contributed by atoms with Gasteiger partial charge in [0, 0.05) is 18.8 Å². The summed E-state index contributed by atoms with van der Waals surface area (Å²) in [5.41, 5.74) is -0.785. The first kappa shape index (κ1) is 18.6. The van der Waals surface area contributed by atoms with Crippen LogP contribution in [0.4, 0.5) is 14.9 Å². The lowest BCUT2D eigenvalue weighted by atomic mass is 9.81. The molecule has 1 aliphatic heterocycles. The minimum Gasteiger partial charge on any atom is -0.481 e. The molecule has 2 amide bonds. The van der Waals surface area contributed by atoms with Crippen molar-refractivity contribution in [3.05, 3.63) is 24.0 Å². The zero-order valence-electron chi connectivity index (χ0n) is 14.2. The second-order valence-corrected chi connectivity index (χ2v) is 8.57. The second kappa shape index (κ2) is 6.51. The van der Waals surface area contributed by atoms with Gasteiger partial charge in [0.2, 0.25) is 10.0 Å². The molecule has 2 atom stereocenters. The minimum atomic E-state index is -4.01. The molecule has 3 N–H and O–H groups in total. The summed E-state index contributed by atoms with van der Waals surface area (Å²) in [4.78, 5) is 25.0. The van der Waals surface area contributed by atoms with E-state index in [0.29, 0.717) is 13.0 Å². The van der Waals surface area contributed by atoms with E-state index in [1.165, 1.54) is 11.0 Å². The van der Waals surface area contributed by atoms with Gasteiger partial charge in [-0.1, -0.05) is 6.42 Å². The fourth-order valence-corrected chi connectivity index (χ4v) is 4.72. The zero-order chi connectivity index (χ0) is 19.1. The van der Waals surface area contributed by atoms with Gasteiger partial charge in [0.1, 0.15) is 10.7 Å². The molecule has 1 aromatic rings. The summed E-state index contributed by atoms with van der Waals surface area (Å²) < 4.78 is 39.5. The quantitative estimate of drug-likeness (QED) is 0.726. The number of aliphatic carboxylic acids is 1. The molecule has 1 heterocycles. The molecule has 1 aliphatic carbocycles. The molecule has 1 saturated carbocycles. The fourth-order valence-electron chi connectivity index (χ4n) is 3.89. The standard InChI is InChI=1S/C16H20FN3O5S/c1-18-26(24,25)13-7-11(4-5-12(13)17)19-15(23)20-8-10-3-2-6-16(10,9-20)14(21)22/h4-5,7,10,18H,2-3,6,8-9H2,1H3,(H,19,23)(H,21,22)/t10-,16+/m0/s1. The number of carbonyl (C=O) groups excluding carboxylic acids is 1. The molecular formula is C16H20FN3O5S. The molecule has 1 saturated heterocycles. The second-order valence-electron chi connectivity index (χ2n) is 6.71. The smallest absolute Gasteiger partial charge is 0.321 e. The van der Waals surface area contributed by atoms with Crippen molar-refractivity contribution in [3.63, 3.8) is 0 Å². The van der Waals surface area contributed by atoms with E-state index in [4.69, 9.17) is 0 Å². The van der Waals surface area contributed by atoms with Gasteiger partial charge in [-0.2, -0.15) is 0 Å². The molecule has 10 heteroatoms. The number of carboxylic acids is 1. The molecule has 0 aromatic heterocycles. The lowest BCUT2D eigenvalue weighted by molar-refractivity contribution is -0.149. The van der Waals surface area contributed by atoms with E-state index < -0.39 is 38.2 Å². The van der Waals surface area contributed by atoms with Crippen LogP contribution in [0.25, 0.3) is 0 Å². The molecule has 0 unspecified atom stereocenters. The predicted molar refractivity (Wildman–Crippen MR) is 90.6 cm³/mol. The lowest BCUT2D eigenvalue weighted by Gasteiger charge is -2.23. The summed E-state index contributed by atoms with van der Waals surface area (Å²) in [6.45, 7) is 0.447. The Morgan fingerprint density at radius 3 is 2.73 bits per heavy atom. The molecular weight excluding hydrogens is 365 g/mol. The largest absolute Gasteiger partial charge is 0.481 e. The summed E-state index contributed by atoms with van der Waals surface area (Å²) in [5, 5.41) is 12.1. The fraction of sp³-hybridized carbons (Fsp3) is 0.500. The third-order valence-electron chi connectivity index (χ3n) is 5.32. The number of carbonyl (C=O) groups is 2. The molecule has 0 spiro atoms. The number of hydrogen-bond donors (Lipinski definition) is 3. The first-order chi connectivity index (χ1) is 12.2. The number of sulfonamides is 1. The molecule has 0 radical (unpaired) electrons. The van der Waals surface area contributed by atoms with Crippen molar-refractivity contribution in [1.82, 2.24) is 9.62 Å². The number of benzene rings is 1. The van der Waals surface area contributed by atoms with Crippen LogP contribution in [0.3, 0.4) is 0 Å². The SMILES string of the molecule is CNS(=O)(=O)c1cc(NC(=O)N2C[C@@H]3CCC[C@@]3(C(=O)O)C2)ccc1F. The van der Waals surface area contributed by atoms with Crippen LogP contribution in [0.5, 0.6) is 0 Å². The average molecular weight is 385 g/mol. The highest BCUT2D eigenvalue weighted by molar-refractivity contribution is 7.89. The maximum Gasteiger partial charge on any atom is 0.321 e. The van der Waals surface area contributed by atoms with Crippen molar-refractivity contribution in [2.24, 2.45) is 11.3 Å². The van der Waals surface area contributed by atoms with E-state index in [1.807, 2.05) is 4.72 Å². The molecule has 26 heavy (non-hydrogen) atoms. The van der Waals surface area contributed by atoms with Gasteiger partial charge in [0.15, 0.2) is 0 Å². The third-order valence-corrected chi connectivity index (χ3v) is 6.75. The molecule has 142 valence electrons. The van der Waals surface area contributed by atoms with Crippen LogP contribution in [0, 0.1) is 17.2 Å². The van der Waals surface area contributed by atoms with Gasteiger partial charge in [-0.15, -0.1) is 0 Å². The maximum atomic E-state index is 13.8. The Kier molecular flexibility index (Phi) is 4.65. The summed E-state index contributed by atoms with van der Waals surface area (Å²) >= 11 is 0. The van der Waals surface area contributed by atoms with Crippen molar-refractivity contribution in [2.75, 3.05) is 25.5 Å². The van der Waals surface area contributed by atoms with E-state index >= 15 is 0 Å². The summed E-state index contributed by atoms with van der Waals surface area (Å²) in [6, 6.07) is 2.71. The summed E-state index contributed by atoms with van der Waals surface area (Å²) in [6.07, 6.45) is 2.13. The van der Waals surface area contributed by atoms with E-state index in [2.05, 4.69) is 5.32 Å². The van der Waals surface area contributed by atoms with Gasteiger partial charge < -0.3 is 15.3 Å².